The fourth-order valence-corrected chi connectivity index (χ4v) is 6.82. The van der Waals surface area contributed by atoms with Crippen molar-refractivity contribution in [3.63, 3.8) is 0 Å². The molecule has 0 aliphatic heterocycles. The van der Waals surface area contributed by atoms with Gasteiger partial charge in [-0.1, -0.05) is 58.0 Å². The zero-order chi connectivity index (χ0) is 34.5. The van der Waals surface area contributed by atoms with E-state index in [0.29, 0.717) is 18.5 Å². The molecule has 4 aromatic rings. The van der Waals surface area contributed by atoms with Crippen LogP contribution < -0.4 is 16.0 Å². The molecule has 4 atom stereocenters. The molecule has 3 amide bonds. The molecule has 4 N–H and O–H groups in total. The van der Waals surface area contributed by atoms with Gasteiger partial charge in [0.25, 0.3) is 0 Å². The Hall–Kier alpha value is -3.92. The smallest absolute Gasteiger partial charge is 0.408 e. The highest BCUT2D eigenvalue weighted by atomic mass is 32.1. The van der Waals surface area contributed by atoms with Crippen LogP contribution in [-0.2, 0) is 40.3 Å². The van der Waals surface area contributed by atoms with Crippen molar-refractivity contribution >= 4 is 52.1 Å². The summed E-state index contributed by atoms with van der Waals surface area (Å²) in [7, 11) is 0. The zero-order valence-corrected chi connectivity index (χ0v) is 29.8. The van der Waals surface area contributed by atoms with Crippen LogP contribution in [-0.4, -0.2) is 62.4 Å². The molecule has 0 unspecified atom stereocenters. The number of hydrogen-bond acceptors (Lipinski definition) is 12. The summed E-state index contributed by atoms with van der Waals surface area (Å²) in [5.74, 6) is -0.412. The minimum Gasteiger partial charge on any atom is -0.444 e. The van der Waals surface area contributed by atoms with Gasteiger partial charge in [0.1, 0.15) is 19.3 Å². The van der Waals surface area contributed by atoms with E-state index in [2.05, 4.69) is 30.9 Å². The van der Waals surface area contributed by atoms with Crippen molar-refractivity contribution in [1.82, 2.24) is 30.9 Å². The minimum atomic E-state index is -1.07. The highest BCUT2D eigenvalue weighted by molar-refractivity contribution is 7.10. The van der Waals surface area contributed by atoms with Crippen molar-refractivity contribution in [2.24, 2.45) is 5.92 Å². The first kappa shape index (κ1) is 36.9. The van der Waals surface area contributed by atoms with E-state index in [4.69, 9.17) is 9.47 Å². The van der Waals surface area contributed by atoms with Crippen molar-refractivity contribution in [3.05, 3.63) is 85.1 Å². The molecule has 12 nitrogen and oxygen atoms in total. The van der Waals surface area contributed by atoms with Gasteiger partial charge in [0, 0.05) is 41.0 Å². The van der Waals surface area contributed by atoms with Crippen molar-refractivity contribution in [2.45, 2.75) is 90.3 Å². The standard InChI is InChI=1S/C33H42N6O6S3/c1-20(2)29(39-33(43)44-15-24-17-46-31(37-24)21(3)4)30(41)36-23(11-25-13-34-18-47-25)12-28(40)27(10-22-8-6-5-7-9-22)38-32(42)45-16-26-14-35-19-48-26/h5-9,13-14,17-21,23,27-29,40H,10-12,15-16H2,1-4H3,(H,36,41)(H,38,42)(H,39,43)/t23-,27+,28+,29+/m1/s1. The number of aliphatic hydroxyl groups excluding tert-OH is 1. The Morgan fingerprint density at radius 1 is 0.833 bits per heavy atom. The summed E-state index contributed by atoms with van der Waals surface area (Å²) in [6.45, 7) is 7.79. The van der Waals surface area contributed by atoms with Crippen molar-refractivity contribution in [1.29, 1.82) is 0 Å². The first-order chi connectivity index (χ1) is 23.1. The average molecular weight is 715 g/mol. The molecule has 1 aromatic carbocycles. The number of aliphatic hydroxyl groups is 1. The highest BCUT2D eigenvalue weighted by Crippen LogP contribution is 2.20. The summed E-state index contributed by atoms with van der Waals surface area (Å²) in [6, 6.07) is 7.31. The van der Waals surface area contributed by atoms with Gasteiger partial charge in [-0.05, 0) is 24.3 Å². The summed E-state index contributed by atoms with van der Waals surface area (Å²) in [4.78, 5) is 53.5. The second-order valence-corrected chi connectivity index (χ2v) is 14.8. The molecule has 0 radical (unpaired) electrons. The molecule has 0 aliphatic carbocycles. The lowest BCUT2D eigenvalue weighted by molar-refractivity contribution is -0.125. The van der Waals surface area contributed by atoms with E-state index in [1.54, 1.807) is 23.4 Å². The molecule has 4 rings (SSSR count). The van der Waals surface area contributed by atoms with Crippen LogP contribution in [0.25, 0.3) is 0 Å². The second-order valence-electron chi connectivity index (χ2n) is 11.9. The lowest BCUT2D eigenvalue weighted by Gasteiger charge is -2.29. The molecule has 48 heavy (non-hydrogen) atoms. The van der Waals surface area contributed by atoms with E-state index in [9.17, 15) is 19.5 Å². The topological polar surface area (TPSA) is 165 Å². The van der Waals surface area contributed by atoms with E-state index < -0.39 is 42.3 Å². The second kappa shape index (κ2) is 18.6. The Morgan fingerprint density at radius 2 is 1.50 bits per heavy atom. The van der Waals surface area contributed by atoms with E-state index in [-0.39, 0.29) is 31.5 Å². The molecule has 0 saturated carbocycles. The van der Waals surface area contributed by atoms with Gasteiger partial charge in [-0.2, -0.15) is 0 Å². The van der Waals surface area contributed by atoms with Gasteiger partial charge in [-0.3, -0.25) is 14.8 Å². The number of amides is 3. The molecular formula is C33H42N6O6S3. The summed E-state index contributed by atoms with van der Waals surface area (Å²) < 4.78 is 10.8. The molecule has 3 heterocycles. The number of hydrogen-bond donors (Lipinski definition) is 4. The number of carbonyl (C=O) groups excluding carboxylic acids is 3. The molecule has 0 aliphatic rings. The number of carbonyl (C=O) groups is 3. The monoisotopic (exact) mass is 714 g/mol. The maximum Gasteiger partial charge on any atom is 0.408 e. The van der Waals surface area contributed by atoms with Gasteiger partial charge in [-0.25, -0.2) is 14.6 Å². The van der Waals surface area contributed by atoms with Gasteiger partial charge in [0.15, 0.2) is 0 Å². The van der Waals surface area contributed by atoms with Gasteiger partial charge in [-0.15, -0.1) is 34.0 Å². The van der Waals surface area contributed by atoms with E-state index in [1.165, 1.54) is 34.0 Å². The first-order valence-electron chi connectivity index (χ1n) is 15.6. The summed E-state index contributed by atoms with van der Waals surface area (Å²) in [5, 5.41) is 22.9. The summed E-state index contributed by atoms with van der Waals surface area (Å²) in [5.41, 5.74) is 4.91. The van der Waals surface area contributed by atoms with Crippen LogP contribution in [0.3, 0.4) is 0 Å². The number of nitrogens with one attached hydrogen (secondary N) is 3. The third kappa shape index (κ3) is 12.0. The number of ether oxygens (including phenoxy) is 2. The van der Waals surface area contributed by atoms with Gasteiger partial charge >= 0.3 is 12.2 Å². The van der Waals surface area contributed by atoms with Crippen molar-refractivity contribution < 1.29 is 29.0 Å². The summed E-state index contributed by atoms with van der Waals surface area (Å²) in [6.07, 6.45) is 1.70. The van der Waals surface area contributed by atoms with Crippen LogP contribution in [0.1, 0.15) is 66.1 Å². The molecule has 15 heteroatoms. The largest absolute Gasteiger partial charge is 0.444 e. The van der Waals surface area contributed by atoms with Crippen molar-refractivity contribution in [3.8, 4) is 0 Å². The van der Waals surface area contributed by atoms with Crippen LogP contribution in [0.5, 0.6) is 0 Å². The molecule has 0 spiro atoms. The average Bonchev–Trinajstić information content (AvgIpc) is 3.85. The Bertz CT molecular complexity index is 1550. The highest BCUT2D eigenvalue weighted by Gasteiger charge is 2.31. The van der Waals surface area contributed by atoms with E-state index >= 15 is 0 Å². The number of nitrogens with zero attached hydrogens (tertiary/aromatic N) is 3. The van der Waals surface area contributed by atoms with Crippen molar-refractivity contribution in [2.75, 3.05) is 0 Å². The zero-order valence-electron chi connectivity index (χ0n) is 27.3. The quantitative estimate of drug-likeness (QED) is 0.111. The summed E-state index contributed by atoms with van der Waals surface area (Å²) >= 11 is 4.32. The fraction of sp³-hybridized carbons (Fsp3) is 0.455. The van der Waals surface area contributed by atoms with Gasteiger partial charge in [0.2, 0.25) is 5.91 Å². The van der Waals surface area contributed by atoms with Gasteiger partial charge < -0.3 is 30.5 Å². The van der Waals surface area contributed by atoms with Crippen LogP contribution in [0.4, 0.5) is 9.59 Å². The fourth-order valence-electron chi connectivity index (χ4n) is 4.82. The predicted molar refractivity (Wildman–Crippen MR) is 186 cm³/mol. The van der Waals surface area contributed by atoms with Crippen LogP contribution >= 0.6 is 34.0 Å². The van der Waals surface area contributed by atoms with Crippen LogP contribution in [0.2, 0.25) is 0 Å². The Balaban J connectivity index is 1.42. The normalized spacial score (nSPS) is 13.8. The molecule has 0 fully saturated rings. The number of thiazole rings is 3. The molecular weight excluding hydrogens is 673 g/mol. The molecule has 0 bridgehead atoms. The molecule has 258 valence electrons. The van der Waals surface area contributed by atoms with E-state index in [1.807, 2.05) is 63.4 Å². The lowest BCUT2D eigenvalue weighted by atomic mass is 9.94. The Labute approximate surface area is 292 Å². The predicted octanol–water partition coefficient (Wildman–Crippen LogP) is 5.45. The number of rotatable bonds is 17. The van der Waals surface area contributed by atoms with Gasteiger partial charge in [0.05, 0.1) is 38.7 Å². The number of alkyl carbamates (subject to hydrolysis) is 2. The molecule has 0 saturated heterocycles. The Kier molecular flexibility index (Phi) is 14.3. The lowest BCUT2D eigenvalue weighted by Crippen LogP contribution is -2.54. The molecule has 3 aromatic heterocycles. The van der Waals surface area contributed by atoms with Crippen LogP contribution in [0.15, 0.2) is 59.1 Å². The maximum absolute atomic E-state index is 13.6. The van der Waals surface area contributed by atoms with E-state index in [0.717, 1.165) is 20.3 Å². The number of aromatic nitrogens is 3. The Morgan fingerprint density at radius 3 is 2.12 bits per heavy atom. The third-order valence-electron chi connectivity index (χ3n) is 7.34. The maximum atomic E-state index is 13.6. The minimum absolute atomic E-state index is 0.00979. The number of benzene rings is 1. The third-order valence-corrected chi connectivity index (χ3v) is 10.1. The SMILES string of the molecule is CC(C)c1nc(COC(=O)N[C@H](C(=O)N[C@H](Cc2cncs2)C[C@H](O)[C@H](Cc2ccccc2)NC(=O)OCc2cncs2)C(C)C)cs1. The van der Waals surface area contributed by atoms with Crippen LogP contribution in [0, 0.1) is 5.92 Å². The first-order valence-corrected chi connectivity index (χ1v) is 18.3.